The van der Waals surface area contributed by atoms with Crippen LogP contribution in [0.3, 0.4) is 0 Å². The fourth-order valence-electron chi connectivity index (χ4n) is 1.92. The lowest BCUT2D eigenvalue weighted by Gasteiger charge is -2.26. The van der Waals surface area contributed by atoms with Gasteiger partial charge < -0.3 is 5.11 Å². The second kappa shape index (κ2) is 7.65. The van der Waals surface area contributed by atoms with Crippen LogP contribution in [0.5, 0.6) is 0 Å². The van der Waals surface area contributed by atoms with Crippen molar-refractivity contribution in [2.45, 2.75) is 46.2 Å². The summed E-state index contributed by atoms with van der Waals surface area (Å²) in [5.74, 6) is -0.721. The summed E-state index contributed by atoms with van der Waals surface area (Å²) in [5.41, 5.74) is 2.48. The van der Waals surface area contributed by atoms with Crippen molar-refractivity contribution in [2.24, 2.45) is 0 Å². The standard InChI is InChI=1S/C15H22BrNO2/c1-11(2)17(8-4-5-15(18)19)10-13-7-6-12(3)14(16)9-13/h6-7,9,11H,4-5,8,10H2,1-3H3,(H,18,19). The number of carbonyl (C=O) groups is 1. The summed E-state index contributed by atoms with van der Waals surface area (Å²) in [6.07, 6.45) is 0.932. The van der Waals surface area contributed by atoms with Crippen molar-refractivity contribution in [3.8, 4) is 0 Å². The van der Waals surface area contributed by atoms with Gasteiger partial charge in [-0.15, -0.1) is 0 Å². The van der Waals surface area contributed by atoms with Crippen LogP contribution in [0.25, 0.3) is 0 Å². The van der Waals surface area contributed by atoms with E-state index in [0.717, 1.165) is 17.6 Å². The summed E-state index contributed by atoms with van der Waals surface area (Å²) >= 11 is 3.55. The molecule has 1 N–H and O–H groups in total. The molecule has 0 bridgehead atoms. The van der Waals surface area contributed by atoms with E-state index in [1.54, 1.807) is 0 Å². The van der Waals surface area contributed by atoms with E-state index in [0.29, 0.717) is 12.5 Å². The fourth-order valence-corrected chi connectivity index (χ4v) is 2.35. The van der Waals surface area contributed by atoms with Gasteiger partial charge in [-0.2, -0.15) is 0 Å². The van der Waals surface area contributed by atoms with Gasteiger partial charge in [-0.1, -0.05) is 28.1 Å². The number of nitrogens with zero attached hydrogens (tertiary/aromatic N) is 1. The van der Waals surface area contributed by atoms with E-state index in [1.165, 1.54) is 11.1 Å². The van der Waals surface area contributed by atoms with Gasteiger partial charge in [0.1, 0.15) is 0 Å². The predicted molar refractivity (Wildman–Crippen MR) is 81.3 cm³/mol. The van der Waals surface area contributed by atoms with Crippen molar-refractivity contribution in [3.63, 3.8) is 0 Å². The molecule has 0 aliphatic rings. The van der Waals surface area contributed by atoms with Gasteiger partial charge in [-0.05, 0) is 50.9 Å². The molecule has 0 atom stereocenters. The summed E-state index contributed by atoms with van der Waals surface area (Å²) in [6.45, 7) is 8.03. The number of aliphatic carboxylic acids is 1. The molecule has 4 heteroatoms. The van der Waals surface area contributed by atoms with Crippen LogP contribution < -0.4 is 0 Å². The van der Waals surface area contributed by atoms with Crippen LogP contribution in [0.1, 0.15) is 37.8 Å². The second-order valence-electron chi connectivity index (χ2n) is 5.15. The monoisotopic (exact) mass is 327 g/mol. The molecule has 0 aliphatic carbocycles. The zero-order valence-electron chi connectivity index (χ0n) is 11.8. The number of carboxylic acids is 1. The van der Waals surface area contributed by atoms with Crippen LogP contribution in [0, 0.1) is 6.92 Å². The molecule has 1 aromatic carbocycles. The third-order valence-corrected chi connectivity index (χ3v) is 4.04. The number of benzene rings is 1. The first-order valence-corrected chi connectivity index (χ1v) is 7.40. The molecule has 0 radical (unpaired) electrons. The Morgan fingerprint density at radius 2 is 2.11 bits per heavy atom. The van der Waals surface area contributed by atoms with Crippen molar-refractivity contribution in [1.82, 2.24) is 4.90 Å². The molecule has 0 amide bonds. The van der Waals surface area contributed by atoms with E-state index in [-0.39, 0.29) is 6.42 Å². The third kappa shape index (κ3) is 5.74. The Balaban J connectivity index is 2.62. The summed E-state index contributed by atoms with van der Waals surface area (Å²) in [6, 6.07) is 6.79. The van der Waals surface area contributed by atoms with Crippen molar-refractivity contribution in [3.05, 3.63) is 33.8 Å². The molecule has 19 heavy (non-hydrogen) atoms. The van der Waals surface area contributed by atoms with E-state index >= 15 is 0 Å². The number of hydrogen-bond acceptors (Lipinski definition) is 2. The first-order valence-electron chi connectivity index (χ1n) is 6.61. The normalized spacial score (nSPS) is 11.3. The Hall–Kier alpha value is -0.870. The van der Waals surface area contributed by atoms with E-state index in [9.17, 15) is 4.79 Å². The highest BCUT2D eigenvalue weighted by Crippen LogP contribution is 2.19. The topological polar surface area (TPSA) is 40.5 Å². The lowest BCUT2D eigenvalue weighted by atomic mass is 10.1. The van der Waals surface area contributed by atoms with E-state index in [2.05, 4.69) is 59.8 Å². The highest BCUT2D eigenvalue weighted by molar-refractivity contribution is 9.10. The zero-order chi connectivity index (χ0) is 14.4. The molecule has 3 nitrogen and oxygen atoms in total. The molecule has 0 aromatic heterocycles. The highest BCUT2D eigenvalue weighted by Gasteiger charge is 2.11. The maximum Gasteiger partial charge on any atom is 0.303 e. The average Bonchev–Trinajstić information content (AvgIpc) is 2.32. The maximum atomic E-state index is 10.6. The Bertz CT molecular complexity index is 432. The number of halogens is 1. The van der Waals surface area contributed by atoms with Gasteiger partial charge in [0.05, 0.1) is 0 Å². The first kappa shape index (κ1) is 16.2. The van der Waals surface area contributed by atoms with Crippen LogP contribution >= 0.6 is 15.9 Å². The predicted octanol–water partition coefficient (Wildman–Crippen LogP) is 3.83. The molecule has 0 heterocycles. The maximum absolute atomic E-state index is 10.6. The smallest absolute Gasteiger partial charge is 0.303 e. The lowest BCUT2D eigenvalue weighted by molar-refractivity contribution is -0.137. The summed E-state index contributed by atoms with van der Waals surface area (Å²) in [5, 5.41) is 8.70. The molecule has 106 valence electrons. The summed E-state index contributed by atoms with van der Waals surface area (Å²) < 4.78 is 1.12. The minimum atomic E-state index is -0.721. The van der Waals surface area contributed by atoms with Gasteiger partial charge in [0.25, 0.3) is 0 Å². The van der Waals surface area contributed by atoms with Crippen LogP contribution in [0.4, 0.5) is 0 Å². The Morgan fingerprint density at radius 1 is 1.42 bits per heavy atom. The van der Waals surface area contributed by atoms with Crippen molar-refractivity contribution >= 4 is 21.9 Å². The van der Waals surface area contributed by atoms with Gasteiger partial charge in [-0.3, -0.25) is 9.69 Å². The number of hydrogen-bond donors (Lipinski definition) is 1. The molecule has 1 rings (SSSR count). The number of aryl methyl sites for hydroxylation is 1. The molecule has 0 aliphatic heterocycles. The van der Waals surface area contributed by atoms with Crippen molar-refractivity contribution < 1.29 is 9.90 Å². The van der Waals surface area contributed by atoms with Crippen molar-refractivity contribution in [2.75, 3.05) is 6.54 Å². The van der Waals surface area contributed by atoms with Gasteiger partial charge in [0, 0.05) is 23.5 Å². The largest absolute Gasteiger partial charge is 0.481 e. The van der Waals surface area contributed by atoms with Gasteiger partial charge in [-0.25, -0.2) is 0 Å². The SMILES string of the molecule is Cc1ccc(CN(CCCC(=O)O)C(C)C)cc1Br. The molecule has 0 saturated heterocycles. The lowest BCUT2D eigenvalue weighted by Crippen LogP contribution is -2.31. The van der Waals surface area contributed by atoms with Gasteiger partial charge in [0.2, 0.25) is 0 Å². The van der Waals surface area contributed by atoms with Gasteiger partial charge >= 0.3 is 5.97 Å². The number of carboxylic acid groups (broad SMARTS) is 1. The molecule has 0 spiro atoms. The summed E-state index contributed by atoms with van der Waals surface area (Å²) in [4.78, 5) is 12.9. The quantitative estimate of drug-likeness (QED) is 0.827. The van der Waals surface area contributed by atoms with E-state index in [4.69, 9.17) is 5.11 Å². The molecule has 0 fully saturated rings. The molecular formula is C15H22BrNO2. The third-order valence-electron chi connectivity index (χ3n) is 3.19. The Morgan fingerprint density at radius 3 is 2.63 bits per heavy atom. The Kier molecular flexibility index (Phi) is 6.52. The van der Waals surface area contributed by atoms with Crippen LogP contribution in [0.15, 0.2) is 22.7 Å². The minimum Gasteiger partial charge on any atom is -0.481 e. The molecule has 1 aromatic rings. The minimum absolute atomic E-state index is 0.237. The van der Waals surface area contributed by atoms with Crippen LogP contribution in [-0.2, 0) is 11.3 Å². The highest BCUT2D eigenvalue weighted by atomic mass is 79.9. The molecule has 0 unspecified atom stereocenters. The van der Waals surface area contributed by atoms with Crippen LogP contribution in [-0.4, -0.2) is 28.6 Å². The fraction of sp³-hybridized carbons (Fsp3) is 0.533. The van der Waals surface area contributed by atoms with Gasteiger partial charge in [0.15, 0.2) is 0 Å². The van der Waals surface area contributed by atoms with Crippen molar-refractivity contribution in [1.29, 1.82) is 0 Å². The van der Waals surface area contributed by atoms with E-state index < -0.39 is 5.97 Å². The first-order chi connectivity index (χ1) is 8.90. The number of rotatable bonds is 7. The zero-order valence-corrected chi connectivity index (χ0v) is 13.4. The molecular weight excluding hydrogens is 306 g/mol. The Labute approximate surface area is 123 Å². The summed E-state index contributed by atoms with van der Waals surface area (Å²) in [7, 11) is 0. The average molecular weight is 328 g/mol. The second-order valence-corrected chi connectivity index (χ2v) is 6.00. The molecule has 0 saturated carbocycles. The van der Waals surface area contributed by atoms with E-state index in [1.807, 2.05) is 0 Å². The van der Waals surface area contributed by atoms with Crippen LogP contribution in [0.2, 0.25) is 0 Å².